The molecule has 0 unspecified atom stereocenters. The van der Waals surface area contributed by atoms with Crippen molar-refractivity contribution in [3.8, 4) is 6.07 Å². The molecule has 1 aromatic carbocycles. The highest BCUT2D eigenvalue weighted by Gasteiger charge is 2.49. The van der Waals surface area contributed by atoms with Crippen molar-refractivity contribution in [1.82, 2.24) is 0 Å². The van der Waals surface area contributed by atoms with E-state index in [0.717, 1.165) is 12.1 Å². The Morgan fingerprint density at radius 3 is 3.00 bits per heavy atom. The summed E-state index contributed by atoms with van der Waals surface area (Å²) in [6.45, 7) is 2.13. The molecule has 20 heavy (non-hydrogen) atoms. The van der Waals surface area contributed by atoms with Gasteiger partial charge < -0.3 is 19.5 Å². The van der Waals surface area contributed by atoms with Gasteiger partial charge in [-0.05, 0) is 12.1 Å². The number of benzene rings is 1. The second kappa shape index (κ2) is 5.90. The van der Waals surface area contributed by atoms with Crippen molar-refractivity contribution >= 4 is 0 Å². The first kappa shape index (κ1) is 13.5. The van der Waals surface area contributed by atoms with E-state index in [-0.39, 0.29) is 18.3 Å². The fourth-order valence-electron chi connectivity index (χ4n) is 2.95. The molecule has 1 aromatic rings. The highest BCUT2D eigenvalue weighted by atomic mass is 16.6. The highest BCUT2D eigenvalue weighted by Crippen LogP contribution is 2.27. The zero-order chi connectivity index (χ0) is 13.9. The molecular formula is C15H19N2O3+. The van der Waals surface area contributed by atoms with E-state index >= 15 is 0 Å². The Morgan fingerprint density at radius 1 is 1.35 bits per heavy atom. The summed E-state index contributed by atoms with van der Waals surface area (Å²) in [7, 11) is 1.70. The normalized spacial score (nSPS) is 32.0. The molecule has 4 atom stereocenters. The Kier molecular flexibility index (Phi) is 3.99. The van der Waals surface area contributed by atoms with Crippen molar-refractivity contribution in [2.45, 2.75) is 30.9 Å². The molecule has 2 aliphatic heterocycles. The number of nitrogens with two attached hydrogens (primary N) is 1. The number of ether oxygens (including phenoxy) is 3. The van der Waals surface area contributed by atoms with E-state index in [9.17, 15) is 0 Å². The minimum Gasteiger partial charge on any atom is -0.376 e. The lowest BCUT2D eigenvalue weighted by molar-refractivity contribution is -0.707. The first-order chi connectivity index (χ1) is 9.81. The fraction of sp³-hybridized carbons (Fsp3) is 0.533. The third kappa shape index (κ3) is 2.56. The minimum atomic E-state index is 0.0558. The molecule has 2 fully saturated rings. The molecule has 2 saturated heterocycles. The Labute approximate surface area is 118 Å². The summed E-state index contributed by atoms with van der Waals surface area (Å²) in [5.41, 5.74) is 1.85. The quantitative estimate of drug-likeness (QED) is 0.826. The predicted octanol–water partition coefficient (Wildman–Crippen LogP) is -0.197. The minimum absolute atomic E-state index is 0.0558. The van der Waals surface area contributed by atoms with Gasteiger partial charge in [0.05, 0.1) is 18.2 Å². The number of methoxy groups -OCH3 is 1. The summed E-state index contributed by atoms with van der Waals surface area (Å²) >= 11 is 0. The number of fused-ring (bicyclic) bond motifs is 1. The van der Waals surface area contributed by atoms with Gasteiger partial charge in [-0.15, -0.1) is 0 Å². The maximum absolute atomic E-state index is 8.91. The van der Waals surface area contributed by atoms with Crippen LogP contribution in [0.5, 0.6) is 0 Å². The van der Waals surface area contributed by atoms with Crippen LogP contribution >= 0.6 is 0 Å². The van der Waals surface area contributed by atoms with Gasteiger partial charge >= 0.3 is 0 Å². The van der Waals surface area contributed by atoms with Crippen molar-refractivity contribution in [1.29, 1.82) is 5.26 Å². The van der Waals surface area contributed by atoms with E-state index in [2.05, 4.69) is 11.4 Å². The van der Waals surface area contributed by atoms with Crippen molar-refractivity contribution in [3.63, 3.8) is 0 Å². The maximum atomic E-state index is 8.91. The average molecular weight is 275 g/mol. The summed E-state index contributed by atoms with van der Waals surface area (Å²) in [5.74, 6) is 0. The Morgan fingerprint density at radius 2 is 2.20 bits per heavy atom. The van der Waals surface area contributed by atoms with Crippen molar-refractivity contribution < 1.29 is 19.5 Å². The topological polar surface area (TPSA) is 68.1 Å². The molecule has 2 heterocycles. The molecular weight excluding hydrogens is 256 g/mol. The van der Waals surface area contributed by atoms with Crippen molar-refractivity contribution in [2.75, 3.05) is 20.3 Å². The van der Waals surface area contributed by atoms with Gasteiger partial charge in [-0.1, -0.05) is 12.1 Å². The molecule has 0 aliphatic carbocycles. The SMILES string of the molecule is CO[C@@H]1CO[C@H]2[C@@H]1OC[C@@H]2[NH2+]Cc1cccc(C#N)c1. The summed E-state index contributed by atoms with van der Waals surface area (Å²) in [6.07, 6.45) is 0.228. The number of nitriles is 1. The lowest BCUT2D eigenvalue weighted by Crippen LogP contribution is -2.91. The predicted molar refractivity (Wildman–Crippen MR) is 70.9 cm³/mol. The maximum Gasteiger partial charge on any atom is 0.140 e. The molecule has 5 nitrogen and oxygen atoms in total. The van der Waals surface area contributed by atoms with Gasteiger partial charge in [0.1, 0.15) is 37.5 Å². The van der Waals surface area contributed by atoms with Gasteiger partial charge in [-0.25, -0.2) is 0 Å². The molecule has 2 aliphatic rings. The van der Waals surface area contributed by atoms with Crippen LogP contribution in [0.1, 0.15) is 11.1 Å². The molecule has 0 bridgehead atoms. The lowest BCUT2D eigenvalue weighted by atomic mass is 10.1. The van der Waals surface area contributed by atoms with Crippen LogP contribution in [0.25, 0.3) is 0 Å². The van der Waals surface area contributed by atoms with Crippen molar-refractivity contribution in [2.24, 2.45) is 0 Å². The van der Waals surface area contributed by atoms with Gasteiger partial charge in [0.25, 0.3) is 0 Å². The van der Waals surface area contributed by atoms with Crippen LogP contribution in [0.15, 0.2) is 24.3 Å². The number of quaternary nitrogens is 1. The van der Waals surface area contributed by atoms with Crippen LogP contribution in [0.4, 0.5) is 0 Å². The van der Waals surface area contributed by atoms with E-state index in [1.54, 1.807) is 7.11 Å². The van der Waals surface area contributed by atoms with Gasteiger partial charge in [0.2, 0.25) is 0 Å². The monoisotopic (exact) mass is 275 g/mol. The third-order valence-corrected chi connectivity index (χ3v) is 4.06. The van der Waals surface area contributed by atoms with Crippen molar-refractivity contribution in [3.05, 3.63) is 35.4 Å². The zero-order valence-electron chi connectivity index (χ0n) is 11.5. The van der Waals surface area contributed by atoms with Crippen LogP contribution in [0.3, 0.4) is 0 Å². The summed E-state index contributed by atoms with van der Waals surface area (Å²) in [4.78, 5) is 0. The second-order valence-corrected chi connectivity index (χ2v) is 5.29. The van der Waals surface area contributed by atoms with Gasteiger partial charge in [-0.2, -0.15) is 5.26 Å². The van der Waals surface area contributed by atoms with Gasteiger partial charge in [0.15, 0.2) is 0 Å². The fourth-order valence-corrected chi connectivity index (χ4v) is 2.95. The molecule has 5 heteroatoms. The van der Waals surface area contributed by atoms with Gasteiger partial charge in [-0.3, -0.25) is 0 Å². The molecule has 0 aromatic heterocycles. The molecule has 106 valence electrons. The average Bonchev–Trinajstić information content (AvgIpc) is 3.07. The van der Waals surface area contributed by atoms with Gasteiger partial charge in [0, 0.05) is 12.7 Å². The molecule has 0 spiro atoms. The molecule has 3 rings (SSSR count). The smallest absolute Gasteiger partial charge is 0.140 e. The zero-order valence-corrected chi connectivity index (χ0v) is 11.5. The number of rotatable bonds is 4. The Bertz CT molecular complexity index is 514. The number of nitrogens with zero attached hydrogens (tertiary/aromatic N) is 1. The summed E-state index contributed by atoms with van der Waals surface area (Å²) in [6, 6.07) is 10.2. The Hall–Kier alpha value is -1.45. The number of hydrogen-bond acceptors (Lipinski definition) is 4. The number of hydrogen-bond donors (Lipinski definition) is 1. The Balaban J connectivity index is 1.58. The summed E-state index contributed by atoms with van der Waals surface area (Å²) < 4.78 is 17.0. The molecule has 0 radical (unpaired) electrons. The largest absolute Gasteiger partial charge is 0.376 e. The first-order valence-electron chi connectivity index (χ1n) is 6.90. The molecule has 2 N–H and O–H groups in total. The standard InChI is InChI=1S/C15H18N2O3/c1-18-13-9-20-14-12(8-19-15(13)14)17-7-11-4-2-3-10(5-11)6-16/h2-5,12-15,17H,7-9H2,1H3/p+1/t12-,13+,14+,15+/m0/s1. The van der Waals surface area contributed by atoms with Crippen LogP contribution in [0.2, 0.25) is 0 Å². The van der Waals surface area contributed by atoms with E-state index in [1.165, 1.54) is 0 Å². The van der Waals surface area contributed by atoms with E-state index in [4.69, 9.17) is 19.5 Å². The highest BCUT2D eigenvalue weighted by molar-refractivity contribution is 5.32. The van der Waals surface area contributed by atoms with Crippen LogP contribution in [-0.4, -0.2) is 44.7 Å². The second-order valence-electron chi connectivity index (χ2n) is 5.29. The van der Waals surface area contributed by atoms with E-state index in [1.807, 2.05) is 24.3 Å². The van der Waals surface area contributed by atoms with E-state index in [0.29, 0.717) is 24.8 Å². The molecule has 0 amide bonds. The molecule has 0 saturated carbocycles. The third-order valence-electron chi connectivity index (χ3n) is 4.06. The van der Waals surface area contributed by atoms with Crippen LogP contribution in [0, 0.1) is 11.3 Å². The van der Waals surface area contributed by atoms with E-state index < -0.39 is 0 Å². The van der Waals surface area contributed by atoms with Crippen LogP contribution < -0.4 is 5.32 Å². The van der Waals surface area contributed by atoms with Crippen LogP contribution in [-0.2, 0) is 20.8 Å². The first-order valence-corrected chi connectivity index (χ1v) is 6.90. The summed E-state index contributed by atoms with van der Waals surface area (Å²) in [5, 5.41) is 11.1. The lowest BCUT2D eigenvalue weighted by Gasteiger charge is -2.14.